The highest BCUT2D eigenvalue weighted by Gasteiger charge is 2.07. The minimum atomic E-state index is -0.192. The number of nitrogens with one attached hydrogen (secondary N) is 1. The van der Waals surface area contributed by atoms with Crippen LogP contribution in [0.3, 0.4) is 0 Å². The van der Waals surface area contributed by atoms with Crippen LogP contribution in [0.15, 0.2) is 48.5 Å². The second-order valence-corrected chi connectivity index (χ2v) is 5.08. The molecule has 3 heteroatoms. The van der Waals surface area contributed by atoms with E-state index in [2.05, 4.69) is 5.32 Å². The van der Waals surface area contributed by atoms with Crippen LogP contribution in [0.4, 0.5) is 5.69 Å². The fourth-order valence-corrected chi connectivity index (χ4v) is 2.34. The molecule has 0 radical (unpaired) electrons. The summed E-state index contributed by atoms with van der Waals surface area (Å²) in [4.78, 5) is 11.9. The molecule has 0 aliphatic carbocycles. The Hall–Kier alpha value is -2.06. The Morgan fingerprint density at radius 1 is 1.15 bits per heavy atom. The summed E-state index contributed by atoms with van der Waals surface area (Å²) in [5.74, 6) is -0.192. The summed E-state index contributed by atoms with van der Waals surface area (Å²) in [6, 6.07) is 13.5. The Kier molecular flexibility index (Phi) is 4.59. The van der Waals surface area contributed by atoms with E-state index in [-0.39, 0.29) is 5.91 Å². The van der Waals surface area contributed by atoms with Crippen LogP contribution in [-0.4, -0.2) is 5.91 Å². The van der Waals surface area contributed by atoms with E-state index in [1.54, 1.807) is 6.08 Å². The van der Waals surface area contributed by atoms with Gasteiger partial charge >= 0.3 is 0 Å². The summed E-state index contributed by atoms with van der Waals surface area (Å²) in [6.45, 7) is 3.90. The number of benzene rings is 2. The Morgan fingerprint density at radius 3 is 2.50 bits per heavy atom. The molecule has 2 nitrogen and oxygen atoms in total. The normalized spacial score (nSPS) is 10.8. The predicted molar refractivity (Wildman–Crippen MR) is 85.0 cm³/mol. The quantitative estimate of drug-likeness (QED) is 0.820. The van der Waals surface area contributed by atoms with Gasteiger partial charge in [-0.05, 0) is 42.7 Å². The van der Waals surface area contributed by atoms with Gasteiger partial charge in [0.15, 0.2) is 0 Å². The van der Waals surface area contributed by atoms with Crippen molar-refractivity contribution < 1.29 is 4.79 Å². The van der Waals surface area contributed by atoms with Gasteiger partial charge in [0, 0.05) is 6.08 Å². The molecule has 102 valence electrons. The largest absolute Gasteiger partial charge is 0.321 e. The van der Waals surface area contributed by atoms with E-state index in [1.165, 1.54) is 6.08 Å². The van der Waals surface area contributed by atoms with Crippen LogP contribution in [-0.2, 0) is 4.79 Å². The number of halogens is 1. The van der Waals surface area contributed by atoms with Crippen molar-refractivity contribution in [2.45, 2.75) is 13.8 Å². The van der Waals surface area contributed by atoms with Gasteiger partial charge in [0.2, 0.25) is 5.91 Å². The molecule has 2 rings (SSSR count). The van der Waals surface area contributed by atoms with Crippen LogP contribution in [0.25, 0.3) is 6.08 Å². The summed E-state index contributed by atoms with van der Waals surface area (Å²) >= 11 is 6.16. The number of hydrogen-bond acceptors (Lipinski definition) is 1. The number of amides is 1. The van der Waals surface area contributed by atoms with Crippen molar-refractivity contribution in [1.82, 2.24) is 0 Å². The Morgan fingerprint density at radius 2 is 1.85 bits per heavy atom. The van der Waals surface area contributed by atoms with Gasteiger partial charge in [-0.3, -0.25) is 4.79 Å². The molecule has 20 heavy (non-hydrogen) atoms. The van der Waals surface area contributed by atoms with Crippen molar-refractivity contribution in [3.05, 3.63) is 70.3 Å². The number of hydrogen-bond donors (Lipinski definition) is 1. The third kappa shape index (κ3) is 3.72. The molecule has 1 N–H and O–H groups in total. The smallest absolute Gasteiger partial charge is 0.248 e. The van der Waals surface area contributed by atoms with E-state index < -0.39 is 0 Å². The molecule has 0 bridgehead atoms. The maximum absolute atomic E-state index is 11.9. The van der Waals surface area contributed by atoms with Crippen LogP contribution in [0, 0.1) is 13.8 Å². The lowest BCUT2D eigenvalue weighted by molar-refractivity contribution is -0.111. The van der Waals surface area contributed by atoms with Gasteiger partial charge in [-0.2, -0.15) is 0 Å². The average Bonchev–Trinajstić information content (AvgIpc) is 2.42. The molecule has 0 heterocycles. The van der Waals surface area contributed by atoms with Crippen molar-refractivity contribution in [3.8, 4) is 0 Å². The van der Waals surface area contributed by atoms with Crippen LogP contribution in [0.2, 0.25) is 5.02 Å². The lowest BCUT2D eigenvalue weighted by Gasteiger charge is -2.10. The highest BCUT2D eigenvalue weighted by atomic mass is 35.5. The summed E-state index contributed by atoms with van der Waals surface area (Å²) in [6.07, 6.45) is 3.28. The van der Waals surface area contributed by atoms with E-state index in [0.717, 1.165) is 16.7 Å². The van der Waals surface area contributed by atoms with Crippen LogP contribution in [0.5, 0.6) is 0 Å². The molecule has 0 saturated carbocycles. The minimum Gasteiger partial charge on any atom is -0.321 e. The van der Waals surface area contributed by atoms with Gasteiger partial charge in [-0.15, -0.1) is 0 Å². The summed E-state index contributed by atoms with van der Waals surface area (Å²) < 4.78 is 0. The van der Waals surface area contributed by atoms with E-state index in [0.29, 0.717) is 10.7 Å². The molecule has 1 amide bonds. The first-order valence-electron chi connectivity index (χ1n) is 6.37. The third-order valence-electron chi connectivity index (χ3n) is 2.91. The fourth-order valence-electron chi connectivity index (χ4n) is 1.97. The number of rotatable bonds is 3. The van der Waals surface area contributed by atoms with Gasteiger partial charge in [0.05, 0.1) is 10.7 Å². The standard InChI is InChI=1S/C17H16ClNO/c1-12-10-13(2)17(15(18)11-12)19-16(20)9-8-14-6-4-3-5-7-14/h3-11H,1-2H3,(H,19,20)/b9-8+. The minimum absolute atomic E-state index is 0.192. The van der Waals surface area contributed by atoms with E-state index >= 15 is 0 Å². The van der Waals surface area contributed by atoms with Gasteiger partial charge in [0.25, 0.3) is 0 Å². The number of anilines is 1. The Labute approximate surface area is 124 Å². The topological polar surface area (TPSA) is 29.1 Å². The van der Waals surface area contributed by atoms with E-state index in [1.807, 2.05) is 56.3 Å². The van der Waals surface area contributed by atoms with Gasteiger partial charge < -0.3 is 5.32 Å². The molecule has 0 spiro atoms. The highest BCUT2D eigenvalue weighted by Crippen LogP contribution is 2.27. The summed E-state index contributed by atoms with van der Waals surface area (Å²) in [5, 5.41) is 3.38. The summed E-state index contributed by atoms with van der Waals surface area (Å²) in [7, 11) is 0. The lowest BCUT2D eigenvalue weighted by Crippen LogP contribution is -2.09. The molecule has 0 aliphatic rings. The van der Waals surface area contributed by atoms with E-state index in [9.17, 15) is 4.79 Å². The lowest BCUT2D eigenvalue weighted by atomic mass is 10.1. The zero-order valence-corrected chi connectivity index (χ0v) is 12.2. The molecule has 0 aliphatic heterocycles. The first-order valence-corrected chi connectivity index (χ1v) is 6.75. The number of carbonyl (C=O) groups is 1. The Balaban J connectivity index is 2.11. The molecular formula is C17H16ClNO. The zero-order chi connectivity index (χ0) is 14.5. The molecular weight excluding hydrogens is 270 g/mol. The van der Waals surface area contributed by atoms with Crippen LogP contribution in [0.1, 0.15) is 16.7 Å². The second-order valence-electron chi connectivity index (χ2n) is 4.67. The molecule has 0 aromatic heterocycles. The monoisotopic (exact) mass is 285 g/mol. The SMILES string of the molecule is Cc1cc(C)c(NC(=O)/C=C/c2ccccc2)c(Cl)c1. The van der Waals surface area contributed by atoms with Crippen molar-refractivity contribution in [2.24, 2.45) is 0 Å². The first kappa shape index (κ1) is 14.4. The number of carbonyl (C=O) groups excluding carboxylic acids is 1. The molecule has 2 aromatic carbocycles. The molecule has 0 saturated heterocycles. The molecule has 0 unspecified atom stereocenters. The zero-order valence-electron chi connectivity index (χ0n) is 11.5. The average molecular weight is 286 g/mol. The predicted octanol–water partition coefficient (Wildman–Crippen LogP) is 4.61. The van der Waals surface area contributed by atoms with Crippen molar-refractivity contribution in [1.29, 1.82) is 0 Å². The summed E-state index contributed by atoms with van der Waals surface area (Å²) in [5.41, 5.74) is 3.68. The Bertz CT molecular complexity index is 624. The van der Waals surface area contributed by atoms with Gasteiger partial charge in [-0.25, -0.2) is 0 Å². The van der Waals surface area contributed by atoms with Gasteiger partial charge in [0.1, 0.15) is 0 Å². The van der Waals surface area contributed by atoms with Crippen molar-refractivity contribution in [3.63, 3.8) is 0 Å². The molecule has 2 aromatic rings. The van der Waals surface area contributed by atoms with Crippen molar-refractivity contribution >= 4 is 29.3 Å². The van der Waals surface area contributed by atoms with Crippen LogP contribution >= 0.6 is 11.6 Å². The molecule has 0 atom stereocenters. The highest BCUT2D eigenvalue weighted by molar-refractivity contribution is 6.34. The first-order chi connectivity index (χ1) is 9.56. The third-order valence-corrected chi connectivity index (χ3v) is 3.20. The second kappa shape index (κ2) is 6.40. The molecule has 0 fully saturated rings. The maximum atomic E-state index is 11.9. The van der Waals surface area contributed by atoms with Gasteiger partial charge in [-0.1, -0.05) is 48.0 Å². The fraction of sp³-hybridized carbons (Fsp3) is 0.118. The number of aryl methyl sites for hydroxylation is 2. The van der Waals surface area contributed by atoms with Crippen LogP contribution < -0.4 is 5.32 Å². The van der Waals surface area contributed by atoms with Crippen molar-refractivity contribution in [2.75, 3.05) is 5.32 Å². The maximum Gasteiger partial charge on any atom is 0.248 e. The van der Waals surface area contributed by atoms with E-state index in [4.69, 9.17) is 11.6 Å².